The largest absolute Gasteiger partial charge is 0.480 e. The van der Waals surface area contributed by atoms with Crippen molar-refractivity contribution in [1.82, 2.24) is 9.97 Å². The van der Waals surface area contributed by atoms with Crippen molar-refractivity contribution in [3.8, 4) is 17.3 Å². The van der Waals surface area contributed by atoms with Crippen LogP contribution in [0.5, 0.6) is 5.88 Å². The summed E-state index contributed by atoms with van der Waals surface area (Å²) in [6.07, 6.45) is 4.61. The maximum absolute atomic E-state index is 13.4. The Morgan fingerprint density at radius 3 is 2.61 bits per heavy atom. The lowest BCUT2D eigenvalue weighted by Gasteiger charge is -2.16. The van der Waals surface area contributed by atoms with E-state index in [9.17, 15) is 13.2 Å². The fourth-order valence-electron chi connectivity index (χ4n) is 3.89. The lowest BCUT2D eigenvalue weighted by molar-refractivity contribution is 0.102. The predicted molar refractivity (Wildman–Crippen MR) is 135 cm³/mol. The van der Waals surface area contributed by atoms with E-state index in [-0.39, 0.29) is 22.2 Å². The van der Waals surface area contributed by atoms with Crippen molar-refractivity contribution in [1.29, 1.82) is 0 Å². The molecule has 1 aliphatic carbocycles. The zero-order valence-electron chi connectivity index (χ0n) is 19.7. The molecule has 9 nitrogen and oxygen atoms in total. The molecular weight excluding hydrogens is 480 g/mol. The Bertz CT molecular complexity index is 1530. The summed E-state index contributed by atoms with van der Waals surface area (Å²) in [4.78, 5) is 20.9. The number of ether oxygens (including phenoxy) is 1. The topological polar surface area (TPSA) is 123 Å². The maximum atomic E-state index is 13.4. The molecule has 0 saturated heterocycles. The van der Waals surface area contributed by atoms with Gasteiger partial charge in [-0.1, -0.05) is 36.4 Å². The molecule has 0 radical (unpaired) electrons. The SMILES string of the molecule is COc1ncc(NC(=O)c2coc(-c3ccccc3)n2)cc1S(=O)(=O)Nc1c(C)cccc1C1CC1. The molecule has 184 valence electrons. The Labute approximate surface area is 208 Å². The molecule has 1 saturated carbocycles. The molecule has 5 rings (SSSR count). The number of para-hydroxylation sites is 1. The Morgan fingerprint density at radius 2 is 1.89 bits per heavy atom. The Hall–Kier alpha value is -4.18. The summed E-state index contributed by atoms with van der Waals surface area (Å²) in [5.74, 6) is -0.0174. The molecule has 10 heteroatoms. The maximum Gasteiger partial charge on any atom is 0.277 e. The lowest BCUT2D eigenvalue weighted by Crippen LogP contribution is -2.18. The van der Waals surface area contributed by atoms with Crippen LogP contribution in [-0.2, 0) is 10.0 Å². The van der Waals surface area contributed by atoms with Crippen LogP contribution in [0.3, 0.4) is 0 Å². The standard InChI is InChI=1S/C26H24N4O5S/c1-16-7-6-10-20(17-11-12-17)23(16)30-36(32,33)22-13-19(14-27-26(22)34-2)28-24(31)21-15-35-25(29-21)18-8-4-3-5-9-18/h3-10,13-15,17,30H,11-12H2,1-2H3,(H,28,31). The van der Waals surface area contributed by atoms with Crippen molar-refractivity contribution in [2.45, 2.75) is 30.6 Å². The van der Waals surface area contributed by atoms with Gasteiger partial charge in [0.1, 0.15) is 6.26 Å². The Kier molecular flexibility index (Phi) is 6.19. The predicted octanol–water partition coefficient (Wildman–Crippen LogP) is 4.98. The highest BCUT2D eigenvalue weighted by atomic mass is 32.2. The number of hydrogen-bond acceptors (Lipinski definition) is 7. The lowest BCUT2D eigenvalue weighted by atomic mass is 10.0. The van der Waals surface area contributed by atoms with E-state index >= 15 is 0 Å². The van der Waals surface area contributed by atoms with E-state index in [0.29, 0.717) is 17.5 Å². The fraction of sp³-hybridized carbons (Fsp3) is 0.192. The first-order valence-corrected chi connectivity index (χ1v) is 12.8. The van der Waals surface area contributed by atoms with Crippen LogP contribution < -0.4 is 14.8 Å². The zero-order chi connectivity index (χ0) is 25.3. The molecule has 0 aliphatic heterocycles. The number of hydrogen-bond donors (Lipinski definition) is 2. The third-order valence-electron chi connectivity index (χ3n) is 5.88. The van der Waals surface area contributed by atoms with Crippen LogP contribution >= 0.6 is 0 Å². The number of pyridine rings is 1. The minimum absolute atomic E-state index is 0.0428. The molecule has 1 fully saturated rings. The number of carbonyl (C=O) groups is 1. The number of nitrogens with zero attached hydrogens (tertiary/aromatic N) is 2. The van der Waals surface area contributed by atoms with E-state index in [1.807, 2.05) is 55.5 Å². The third kappa shape index (κ3) is 4.80. The summed E-state index contributed by atoms with van der Waals surface area (Å²) >= 11 is 0. The monoisotopic (exact) mass is 504 g/mol. The fourth-order valence-corrected chi connectivity index (χ4v) is 5.19. The molecule has 4 aromatic rings. The number of benzene rings is 2. The van der Waals surface area contributed by atoms with Gasteiger partial charge in [0.15, 0.2) is 10.6 Å². The van der Waals surface area contributed by atoms with Gasteiger partial charge in [-0.25, -0.2) is 18.4 Å². The van der Waals surface area contributed by atoms with Crippen LogP contribution in [0.1, 0.15) is 40.4 Å². The summed E-state index contributed by atoms with van der Waals surface area (Å²) in [5.41, 5.74) is 3.28. The molecule has 0 unspecified atom stereocenters. The highest BCUT2D eigenvalue weighted by Gasteiger charge is 2.30. The van der Waals surface area contributed by atoms with Gasteiger partial charge in [-0.05, 0) is 55.0 Å². The summed E-state index contributed by atoms with van der Waals surface area (Å²) < 4.78 is 40.2. The van der Waals surface area contributed by atoms with Crippen molar-refractivity contribution in [3.05, 3.63) is 83.9 Å². The van der Waals surface area contributed by atoms with Crippen molar-refractivity contribution in [3.63, 3.8) is 0 Å². The number of methoxy groups -OCH3 is 1. The molecule has 2 N–H and O–H groups in total. The number of rotatable bonds is 8. The summed E-state index contributed by atoms with van der Waals surface area (Å²) in [6.45, 7) is 1.86. The Morgan fingerprint density at radius 1 is 1.11 bits per heavy atom. The van der Waals surface area contributed by atoms with Gasteiger partial charge in [-0.3, -0.25) is 9.52 Å². The second-order valence-corrected chi connectivity index (χ2v) is 10.2. The van der Waals surface area contributed by atoms with Crippen LogP contribution in [0.4, 0.5) is 11.4 Å². The van der Waals surface area contributed by atoms with Crippen LogP contribution in [0.2, 0.25) is 0 Å². The van der Waals surface area contributed by atoms with Crippen LogP contribution in [0, 0.1) is 6.92 Å². The minimum atomic E-state index is -4.08. The van der Waals surface area contributed by atoms with Crippen molar-refractivity contribution < 1.29 is 22.4 Å². The molecule has 2 aromatic carbocycles. The molecule has 2 heterocycles. The quantitative estimate of drug-likeness (QED) is 0.347. The average Bonchev–Trinajstić information content (AvgIpc) is 3.60. The number of aromatic nitrogens is 2. The number of aryl methyl sites for hydroxylation is 1. The minimum Gasteiger partial charge on any atom is -0.480 e. The third-order valence-corrected chi connectivity index (χ3v) is 7.22. The van der Waals surface area contributed by atoms with Gasteiger partial charge in [0.05, 0.1) is 24.7 Å². The van der Waals surface area contributed by atoms with E-state index in [4.69, 9.17) is 9.15 Å². The van der Waals surface area contributed by atoms with Gasteiger partial charge in [0.2, 0.25) is 11.8 Å². The van der Waals surface area contributed by atoms with E-state index in [0.717, 1.165) is 29.5 Å². The van der Waals surface area contributed by atoms with Crippen molar-refractivity contribution in [2.24, 2.45) is 0 Å². The number of nitrogens with one attached hydrogen (secondary N) is 2. The van der Waals surface area contributed by atoms with Gasteiger partial charge in [-0.2, -0.15) is 0 Å². The van der Waals surface area contributed by atoms with Gasteiger partial charge in [-0.15, -0.1) is 0 Å². The summed E-state index contributed by atoms with van der Waals surface area (Å²) in [5, 5.41) is 2.63. The molecule has 2 aromatic heterocycles. The average molecular weight is 505 g/mol. The number of sulfonamides is 1. The van der Waals surface area contributed by atoms with Gasteiger partial charge in [0, 0.05) is 5.56 Å². The van der Waals surface area contributed by atoms with Crippen molar-refractivity contribution in [2.75, 3.05) is 17.1 Å². The van der Waals surface area contributed by atoms with E-state index in [1.165, 1.54) is 25.6 Å². The van der Waals surface area contributed by atoms with E-state index < -0.39 is 15.9 Å². The number of anilines is 2. The molecule has 0 bridgehead atoms. The molecule has 1 aliphatic rings. The van der Waals surface area contributed by atoms with E-state index in [2.05, 4.69) is 20.0 Å². The summed E-state index contributed by atoms with van der Waals surface area (Å²) in [7, 11) is -2.75. The van der Waals surface area contributed by atoms with Crippen LogP contribution in [-0.4, -0.2) is 31.4 Å². The molecule has 1 amide bonds. The molecule has 0 spiro atoms. The first-order chi connectivity index (χ1) is 17.4. The van der Waals surface area contributed by atoms with Crippen molar-refractivity contribution >= 4 is 27.3 Å². The first kappa shape index (κ1) is 23.6. The second-order valence-electron chi connectivity index (χ2n) is 8.51. The van der Waals surface area contributed by atoms with Crippen LogP contribution in [0.25, 0.3) is 11.5 Å². The number of amides is 1. The Balaban J connectivity index is 1.41. The first-order valence-electron chi connectivity index (χ1n) is 11.3. The van der Waals surface area contributed by atoms with Gasteiger partial charge >= 0.3 is 0 Å². The van der Waals surface area contributed by atoms with E-state index in [1.54, 1.807) is 0 Å². The zero-order valence-corrected chi connectivity index (χ0v) is 20.5. The normalized spacial score (nSPS) is 13.3. The number of oxazole rings is 1. The number of carbonyl (C=O) groups excluding carboxylic acids is 1. The van der Waals surface area contributed by atoms with Crippen LogP contribution in [0.15, 0.2) is 76.4 Å². The second kappa shape index (κ2) is 9.46. The smallest absolute Gasteiger partial charge is 0.277 e. The van der Waals surface area contributed by atoms with Gasteiger partial charge < -0.3 is 14.5 Å². The highest BCUT2D eigenvalue weighted by Crippen LogP contribution is 2.45. The summed E-state index contributed by atoms with van der Waals surface area (Å²) in [6, 6.07) is 16.2. The molecular formula is C26H24N4O5S. The van der Waals surface area contributed by atoms with Gasteiger partial charge in [0.25, 0.3) is 15.9 Å². The molecule has 36 heavy (non-hydrogen) atoms. The highest BCUT2D eigenvalue weighted by molar-refractivity contribution is 7.92. The molecule has 0 atom stereocenters.